The number of aliphatic carboxylic acids is 1. The summed E-state index contributed by atoms with van der Waals surface area (Å²) in [4.78, 5) is 14.4. The van der Waals surface area contributed by atoms with Crippen molar-refractivity contribution in [3.8, 4) is 0 Å². The Labute approximate surface area is 137 Å². The number of carbonyl (C=O) groups is 1. The van der Waals surface area contributed by atoms with Gasteiger partial charge in [-0.1, -0.05) is 41.1 Å². The largest absolute Gasteiger partial charge is 0.550 e. The van der Waals surface area contributed by atoms with E-state index in [2.05, 4.69) is 20.9 Å². The normalized spacial score (nSPS) is 15.8. The molecular weight excluding hydrogens is 354 g/mol. The van der Waals surface area contributed by atoms with Crippen LogP contribution in [-0.2, 0) is 4.79 Å². The summed E-state index contributed by atoms with van der Waals surface area (Å²) < 4.78 is 0. The molecule has 2 rings (SSSR count). The molecule has 1 N–H and O–H groups in total. The van der Waals surface area contributed by atoms with Crippen LogP contribution in [0, 0.1) is 0 Å². The molecule has 0 fully saturated rings. The Bertz CT molecular complexity index is 580. The number of rotatable bonds is 7. The molecule has 1 aromatic heterocycles. The van der Waals surface area contributed by atoms with Crippen LogP contribution in [0.4, 0.5) is 0 Å². The molecule has 0 spiro atoms. The Morgan fingerprint density at radius 2 is 2.14 bits per heavy atom. The fraction of sp³-hybridized carbons (Fsp3) is 0.438. The molecule has 21 heavy (non-hydrogen) atoms. The molecule has 2 aromatic rings. The number of carboxylic acids is 1. The summed E-state index contributed by atoms with van der Waals surface area (Å²) in [6, 6.07) is 9.92. The van der Waals surface area contributed by atoms with Gasteiger partial charge in [0.1, 0.15) is 0 Å². The predicted octanol–water partition coefficient (Wildman–Crippen LogP) is 3.56. The predicted molar refractivity (Wildman–Crippen MR) is 87.9 cm³/mol. The number of halogens is 2. The number of H-pyrrole nitrogens is 1. The van der Waals surface area contributed by atoms with Crippen LogP contribution in [0.1, 0.15) is 37.8 Å². The molecular formula is C16H18BrClNO2-. The molecule has 0 saturated carbocycles. The van der Waals surface area contributed by atoms with Crippen molar-refractivity contribution in [3.05, 3.63) is 36.0 Å². The van der Waals surface area contributed by atoms with Gasteiger partial charge in [-0.15, -0.1) is 11.6 Å². The Hall–Kier alpha value is -1.00. The summed E-state index contributed by atoms with van der Waals surface area (Å²) >= 11 is 9.82. The van der Waals surface area contributed by atoms with E-state index in [1.165, 1.54) is 0 Å². The molecule has 0 radical (unpaired) electrons. The van der Waals surface area contributed by atoms with Crippen LogP contribution in [0.5, 0.6) is 0 Å². The summed E-state index contributed by atoms with van der Waals surface area (Å²) in [5, 5.41) is 12.1. The van der Waals surface area contributed by atoms with Crippen LogP contribution in [0.15, 0.2) is 30.3 Å². The molecule has 0 aliphatic heterocycles. The van der Waals surface area contributed by atoms with Gasteiger partial charge in [0.2, 0.25) is 0 Å². The van der Waals surface area contributed by atoms with Crippen LogP contribution in [0.2, 0.25) is 0 Å². The third-order valence-corrected chi connectivity index (χ3v) is 5.62. The average Bonchev–Trinajstić information content (AvgIpc) is 2.88. The molecule has 5 heteroatoms. The molecule has 114 valence electrons. The van der Waals surface area contributed by atoms with Crippen molar-refractivity contribution in [2.45, 2.75) is 42.3 Å². The Kier molecular flexibility index (Phi) is 5.71. The van der Waals surface area contributed by atoms with Crippen LogP contribution < -0.4 is 5.11 Å². The SMILES string of the molecule is CCC(Cl)C(Br)CC(CC(=O)[O-])c1cc2ccccc2[nH]1. The quantitative estimate of drug-likeness (QED) is 0.757. The molecule has 0 saturated heterocycles. The van der Waals surface area contributed by atoms with E-state index in [-0.39, 0.29) is 22.5 Å². The van der Waals surface area contributed by atoms with Crippen molar-refractivity contribution in [1.82, 2.24) is 4.98 Å². The first-order chi connectivity index (χ1) is 10.0. The van der Waals surface area contributed by atoms with Gasteiger partial charge in [0.25, 0.3) is 0 Å². The van der Waals surface area contributed by atoms with Gasteiger partial charge >= 0.3 is 0 Å². The lowest BCUT2D eigenvalue weighted by Gasteiger charge is -2.22. The monoisotopic (exact) mass is 370 g/mol. The smallest absolute Gasteiger partial charge is 0.0458 e. The molecule has 0 bridgehead atoms. The molecule has 3 unspecified atom stereocenters. The molecule has 1 aromatic carbocycles. The number of carbonyl (C=O) groups excluding carboxylic acids is 1. The molecule has 0 aliphatic carbocycles. The van der Waals surface area contributed by atoms with Crippen LogP contribution in [0.3, 0.4) is 0 Å². The number of hydrogen-bond donors (Lipinski definition) is 1. The Balaban J connectivity index is 2.24. The van der Waals surface area contributed by atoms with Gasteiger partial charge in [-0.3, -0.25) is 0 Å². The molecule has 3 atom stereocenters. The highest BCUT2D eigenvalue weighted by molar-refractivity contribution is 9.09. The molecule has 1 heterocycles. The second kappa shape index (κ2) is 7.32. The first kappa shape index (κ1) is 16.4. The fourth-order valence-corrected chi connectivity index (χ4v) is 3.44. The van der Waals surface area contributed by atoms with E-state index in [0.717, 1.165) is 23.0 Å². The van der Waals surface area contributed by atoms with Gasteiger partial charge in [0.15, 0.2) is 0 Å². The highest BCUT2D eigenvalue weighted by atomic mass is 79.9. The fourth-order valence-electron chi connectivity index (χ4n) is 2.51. The number of alkyl halides is 2. The number of benzene rings is 1. The Morgan fingerprint density at radius 3 is 2.76 bits per heavy atom. The van der Waals surface area contributed by atoms with E-state index in [1.807, 2.05) is 37.3 Å². The minimum absolute atomic E-state index is 0.0117. The van der Waals surface area contributed by atoms with Crippen molar-refractivity contribution < 1.29 is 9.90 Å². The lowest BCUT2D eigenvalue weighted by molar-refractivity contribution is -0.306. The number of hydrogen-bond acceptors (Lipinski definition) is 2. The standard InChI is InChI=1S/C16H19BrClNO2/c1-2-13(18)12(17)7-11(9-16(20)21)15-8-10-5-3-4-6-14(10)19-15/h3-6,8,11-13,19H,2,7,9H2,1H3,(H,20,21)/p-1. The van der Waals surface area contributed by atoms with Crippen molar-refractivity contribution in [3.63, 3.8) is 0 Å². The summed E-state index contributed by atoms with van der Waals surface area (Å²) in [5.74, 6) is -1.18. The van der Waals surface area contributed by atoms with Crippen LogP contribution >= 0.6 is 27.5 Å². The van der Waals surface area contributed by atoms with E-state index in [0.29, 0.717) is 6.42 Å². The van der Waals surface area contributed by atoms with Crippen molar-refractivity contribution in [1.29, 1.82) is 0 Å². The first-order valence-corrected chi connectivity index (χ1v) is 8.42. The van der Waals surface area contributed by atoms with Crippen molar-refractivity contribution >= 4 is 44.4 Å². The number of para-hydroxylation sites is 1. The summed E-state index contributed by atoms with van der Waals surface area (Å²) in [6.07, 6.45) is 1.48. The Morgan fingerprint density at radius 1 is 1.43 bits per heavy atom. The van der Waals surface area contributed by atoms with Crippen molar-refractivity contribution in [2.75, 3.05) is 0 Å². The van der Waals surface area contributed by atoms with Gasteiger partial charge in [0, 0.05) is 33.3 Å². The maximum atomic E-state index is 11.0. The highest BCUT2D eigenvalue weighted by Gasteiger charge is 2.22. The number of aromatic amines is 1. The van der Waals surface area contributed by atoms with E-state index < -0.39 is 5.97 Å². The molecule has 0 amide bonds. The van der Waals surface area contributed by atoms with E-state index in [9.17, 15) is 9.90 Å². The summed E-state index contributed by atoms with van der Waals surface area (Å²) in [7, 11) is 0. The summed E-state index contributed by atoms with van der Waals surface area (Å²) in [5.41, 5.74) is 1.93. The minimum atomic E-state index is -1.04. The van der Waals surface area contributed by atoms with Gasteiger partial charge in [0.05, 0.1) is 0 Å². The van der Waals surface area contributed by atoms with E-state index in [1.54, 1.807) is 0 Å². The second-order valence-electron chi connectivity index (χ2n) is 5.26. The lowest BCUT2D eigenvalue weighted by atomic mass is 9.94. The second-order valence-corrected chi connectivity index (χ2v) is 7.00. The maximum absolute atomic E-state index is 11.0. The zero-order valence-corrected chi connectivity index (χ0v) is 14.2. The van der Waals surface area contributed by atoms with Crippen LogP contribution in [-0.4, -0.2) is 21.2 Å². The third kappa shape index (κ3) is 4.24. The number of carboxylic acid groups (broad SMARTS) is 1. The van der Waals surface area contributed by atoms with Gasteiger partial charge < -0.3 is 14.9 Å². The van der Waals surface area contributed by atoms with E-state index in [4.69, 9.17) is 11.6 Å². The number of fused-ring (bicyclic) bond motifs is 1. The third-order valence-electron chi connectivity index (χ3n) is 3.70. The highest BCUT2D eigenvalue weighted by Crippen LogP contribution is 2.32. The lowest BCUT2D eigenvalue weighted by Crippen LogP contribution is -2.27. The van der Waals surface area contributed by atoms with Crippen molar-refractivity contribution in [2.24, 2.45) is 0 Å². The minimum Gasteiger partial charge on any atom is -0.550 e. The maximum Gasteiger partial charge on any atom is 0.0458 e. The zero-order valence-electron chi connectivity index (χ0n) is 11.8. The summed E-state index contributed by atoms with van der Waals surface area (Å²) in [6.45, 7) is 2.02. The van der Waals surface area contributed by atoms with E-state index >= 15 is 0 Å². The molecule has 0 aliphatic rings. The zero-order chi connectivity index (χ0) is 15.4. The van der Waals surface area contributed by atoms with Crippen LogP contribution in [0.25, 0.3) is 10.9 Å². The molecule has 3 nitrogen and oxygen atoms in total. The average molecular weight is 372 g/mol. The first-order valence-electron chi connectivity index (χ1n) is 7.07. The number of aromatic nitrogens is 1. The van der Waals surface area contributed by atoms with Gasteiger partial charge in [-0.25, -0.2) is 0 Å². The van der Waals surface area contributed by atoms with Gasteiger partial charge in [-0.05, 0) is 36.8 Å². The number of nitrogens with one attached hydrogen (secondary N) is 1. The topological polar surface area (TPSA) is 55.9 Å². The van der Waals surface area contributed by atoms with Gasteiger partial charge in [-0.2, -0.15) is 0 Å².